The quantitative estimate of drug-likeness (QED) is 0.458. The Labute approximate surface area is 80.8 Å². The normalized spacial score (nSPS) is 8.57. The summed E-state index contributed by atoms with van der Waals surface area (Å²) in [5.74, 6) is -1.58. The molecule has 0 saturated carbocycles. The van der Waals surface area contributed by atoms with Crippen molar-refractivity contribution >= 4 is 22.3 Å². The summed E-state index contributed by atoms with van der Waals surface area (Å²) in [6.45, 7) is 2.68. The van der Waals surface area contributed by atoms with Gasteiger partial charge in [0.25, 0.3) is 5.97 Å². The van der Waals surface area contributed by atoms with Gasteiger partial charge < -0.3 is 10.2 Å². The lowest BCUT2D eigenvalue weighted by molar-refractivity contribution is -0.137. The first-order valence-corrected chi connectivity index (χ1v) is 4.51. The van der Waals surface area contributed by atoms with Gasteiger partial charge in [0, 0.05) is 13.3 Å². The van der Waals surface area contributed by atoms with Crippen molar-refractivity contribution < 1.29 is 37.3 Å². The molecule has 0 saturated heterocycles. The van der Waals surface area contributed by atoms with Gasteiger partial charge in [-0.25, -0.2) is 0 Å². The van der Waals surface area contributed by atoms with Crippen LogP contribution in [-0.4, -0.2) is 39.7 Å². The lowest BCUT2D eigenvalue weighted by Gasteiger charge is -1.71. The van der Waals surface area contributed by atoms with Gasteiger partial charge in [0.1, 0.15) is 0 Å². The van der Waals surface area contributed by atoms with Crippen LogP contribution in [0.5, 0.6) is 0 Å². The van der Waals surface area contributed by atoms with Gasteiger partial charge >= 0.3 is 16.4 Å². The minimum absolute atomic E-state index is 0.222. The first-order valence-electron chi connectivity index (χ1n) is 3.11. The van der Waals surface area contributed by atoms with Crippen molar-refractivity contribution in [3.63, 3.8) is 0 Å². The van der Waals surface area contributed by atoms with E-state index in [2.05, 4.69) is 0 Å². The summed E-state index contributed by atoms with van der Waals surface area (Å²) >= 11 is 0. The maximum atomic E-state index is 9.37. The van der Waals surface area contributed by atoms with Crippen LogP contribution in [0.2, 0.25) is 0 Å². The minimum atomic E-state index is -4.67. The zero-order chi connectivity index (χ0) is 12.4. The van der Waals surface area contributed by atoms with Gasteiger partial charge in [-0.15, -0.1) is 0 Å². The van der Waals surface area contributed by atoms with Gasteiger partial charge in [0.05, 0.1) is 0 Å². The third kappa shape index (κ3) is 1590. The van der Waals surface area contributed by atoms with Gasteiger partial charge in [-0.3, -0.25) is 18.7 Å². The van der Waals surface area contributed by atoms with Crippen molar-refractivity contribution in [2.45, 2.75) is 20.3 Å². The summed E-state index contributed by atoms with van der Waals surface area (Å²) < 4.78 is 31.6. The summed E-state index contributed by atoms with van der Waals surface area (Å²) in [6, 6.07) is 0. The Morgan fingerprint density at radius 1 is 1.14 bits per heavy atom. The zero-order valence-electron chi connectivity index (χ0n) is 7.54. The number of hydrogen-bond donors (Lipinski definition) is 4. The molecule has 0 rings (SSSR count). The molecule has 0 amide bonds. The molecule has 14 heavy (non-hydrogen) atoms. The molecule has 0 aromatic heterocycles. The number of carboxylic acids is 2. The standard InChI is InChI=1S/C3H6O2.C2H4O2.H2O4S/c1-2-3(4)5;1-2(3)4;1-5(2,3)4/h2H2,1H3,(H,4,5);1H3,(H,3,4);(H2,1,2,3,4). The van der Waals surface area contributed by atoms with Crippen LogP contribution in [0, 0.1) is 0 Å². The molecule has 0 unspecified atom stereocenters. The molecule has 86 valence electrons. The summed E-state index contributed by atoms with van der Waals surface area (Å²) in [5.41, 5.74) is 0. The summed E-state index contributed by atoms with van der Waals surface area (Å²) in [6.07, 6.45) is 0.222. The van der Waals surface area contributed by atoms with E-state index in [1.54, 1.807) is 6.92 Å². The zero-order valence-corrected chi connectivity index (χ0v) is 8.35. The molecule has 0 radical (unpaired) electrons. The molecule has 0 aromatic rings. The number of aliphatic carboxylic acids is 2. The molecule has 0 spiro atoms. The maximum Gasteiger partial charge on any atom is 0.394 e. The van der Waals surface area contributed by atoms with Crippen molar-refractivity contribution in [2.75, 3.05) is 0 Å². The lowest BCUT2D eigenvalue weighted by Crippen LogP contribution is -1.89. The molecular formula is C5H12O8S. The van der Waals surface area contributed by atoms with Gasteiger partial charge in [-0.1, -0.05) is 6.92 Å². The fourth-order valence-electron chi connectivity index (χ4n) is 0. The first kappa shape index (κ1) is 18.6. The predicted molar refractivity (Wildman–Crippen MR) is 45.4 cm³/mol. The van der Waals surface area contributed by atoms with Crippen LogP contribution < -0.4 is 0 Å². The Morgan fingerprint density at radius 3 is 1.21 bits per heavy atom. The highest BCUT2D eigenvalue weighted by Crippen LogP contribution is 1.67. The van der Waals surface area contributed by atoms with Gasteiger partial charge in [0.2, 0.25) is 0 Å². The molecule has 8 nitrogen and oxygen atoms in total. The average Bonchev–Trinajstić information content (AvgIpc) is 1.82. The average molecular weight is 232 g/mol. The van der Waals surface area contributed by atoms with E-state index >= 15 is 0 Å². The Morgan fingerprint density at radius 2 is 1.21 bits per heavy atom. The van der Waals surface area contributed by atoms with E-state index in [0.29, 0.717) is 0 Å². The third-order valence-electron chi connectivity index (χ3n) is 0.302. The van der Waals surface area contributed by atoms with Crippen LogP contribution >= 0.6 is 0 Å². The minimum Gasteiger partial charge on any atom is -0.481 e. The van der Waals surface area contributed by atoms with E-state index in [-0.39, 0.29) is 6.42 Å². The van der Waals surface area contributed by atoms with E-state index in [9.17, 15) is 4.79 Å². The molecule has 0 aliphatic heterocycles. The molecule has 0 heterocycles. The molecule has 0 bridgehead atoms. The largest absolute Gasteiger partial charge is 0.481 e. The number of rotatable bonds is 1. The van der Waals surface area contributed by atoms with Crippen molar-refractivity contribution in [3.8, 4) is 0 Å². The second kappa shape index (κ2) is 9.89. The fraction of sp³-hybridized carbons (Fsp3) is 0.600. The van der Waals surface area contributed by atoms with Gasteiger partial charge in [-0.05, 0) is 0 Å². The number of carboxylic acid groups (broad SMARTS) is 2. The molecule has 0 aromatic carbocycles. The number of hydrogen-bond acceptors (Lipinski definition) is 4. The fourth-order valence-corrected chi connectivity index (χ4v) is 0. The molecule has 4 N–H and O–H groups in total. The Hall–Kier alpha value is -1.19. The van der Waals surface area contributed by atoms with Crippen LogP contribution in [0.1, 0.15) is 20.3 Å². The summed E-state index contributed by atoms with van der Waals surface area (Å²) in [4.78, 5) is 18.4. The van der Waals surface area contributed by atoms with Crippen molar-refractivity contribution in [3.05, 3.63) is 0 Å². The van der Waals surface area contributed by atoms with E-state index in [0.717, 1.165) is 6.92 Å². The monoisotopic (exact) mass is 232 g/mol. The SMILES string of the molecule is CC(=O)O.CCC(=O)O.O=S(=O)(O)O. The Kier molecular flexibility index (Phi) is 13.1. The smallest absolute Gasteiger partial charge is 0.394 e. The molecule has 0 aliphatic rings. The third-order valence-corrected chi connectivity index (χ3v) is 0.302. The topological polar surface area (TPSA) is 149 Å². The van der Waals surface area contributed by atoms with Crippen molar-refractivity contribution in [2.24, 2.45) is 0 Å². The highest BCUT2D eigenvalue weighted by Gasteiger charge is 1.84. The molecule has 9 heteroatoms. The van der Waals surface area contributed by atoms with Crippen LogP contribution in [-0.2, 0) is 20.0 Å². The van der Waals surface area contributed by atoms with E-state index < -0.39 is 22.3 Å². The van der Waals surface area contributed by atoms with E-state index in [1.807, 2.05) is 0 Å². The van der Waals surface area contributed by atoms with E-state index in [1.165, 1.54) is 0 Å². The van der Waals surface area contributed by atoms with Crippen molar-refractivity contribution in [1.29, 1.82) is 0 Å². The molecule has 0 atom stereocenters. The Balaban J connectivity index is -0.000000131. The maximum absolute atomic E-state index is 9.37. The summed E-state index contributed by atoms with van der Waals surface area (Å²) in [7, 11) is -4.67. The molecular weight excluding hydrogens is 220 g/mol. The van der Waals surface area contributed by atoms with Crippen LogP contribution in [0.4, 0.5) is 0 Å². The van der Waals surface area contributed by atoms with Crippen LogP contribution in [0.3, 0.4) is 0 Å². The first-order chi connectivity index (χ1) is 6.00. The lowest BCUT2D eigenvalue weighted by atomic mass is 10.5. The van der Waals surface area contributed by atoms with Crippen molar-refractivity contribution in [1.82, 2.24) is 0 Å². The van der Waals surface area contributed by atoms with Gasteiger partial charge in [0.15, 0.2) is 0 Å². The molecule has 0 fully saturated rings. The predicted octanol–water partition coefficient (Wildman–Crippen LogP) is -0.0809. The Bertz CT molecular complexity index is 241. The molecule has 0 aliphatic carbocycles. The summed E-state index contributed by atoms with van der Waals surface area (Å²) in [5, 5.41) is 15.1. The second-order valence-corrected chi connectivity index (χ2v) is 2.61. The van der Waals surface area contributed by atoms with Crippen LogP contribution in [0.25, 0.3) is 0 Å². The highest BCUT2D eigenvalue weighted by molar-refractivity contribution is 7.79. The van der Waals surface area contributed by atoms with E-state index in [4.69, 9.17) is 32.5 Å². The van der Waals surface area contributed by atoms with Gasteiger partial charge in [-0.2, -0.15) is 8.42 Å². The second-order valence-electron chi connectivity index (χ2n) is 1.71. The number of carbonyl (C=O) groups is 2. The highest BCUT2D eigenvalue weighted by atomic mass is 32.3. The van der Waals surface area contributed by atoms with Crippen LogP contribution in [0.15, 0.2) is 0 Å².